The Morgan fingerprint density at radius 3 is 2.54 bits per heavy atom. The van der Waals surface area contributed by atoms with E-state index >= 15 is 0 Å². The molecule has 1 N–H and O–H groups in total. The second-order valence-electron chi connectivity index (χ2n) is 8.47. The maximum atomic E-state index is 11.1. The minimum absolute atomic E-state index is 0.250. The zero-order valence-electron chi connectivity index (χ0n) is 19.8. The average Bonchev–Trinajstić information content (AvgIpc) is 3.41. The van der Waals surface area contributed by atoms with E-state index in [-0.39, 0.29) is 5.69 Å². The summed E-state index contributed by atoms with van der Waals surface area (Å²) in [5.41, 5.74) is 7.08. The van der Waals surface area contributed by atoms with Gasteiger partial charge in [0.15, 0.2) is 11.5 Å². The Morgan fingerprint density at radius 2 is 1.80 bits per heavy atom. The summed E-state index contributed by atoms with van der Waals surface area (Å²) in [7, 11) is 3.00. The highest BCUT2D eigenvalue weighted by Gasteiger charge is 2.28. The molecule has 2 heterocycles. The number of carbonyl (C=O) groups excluding carboxylic acids is 1. The van der Waals surface area contributed by atoms with Crippen molar-refractivity contribution in [2.24, 2.45) is 4.99 Å². The fourth-order valence-corrected chi connectivity index (χ4v) is 4.71. The van der Waals surface area contributed by atoms with Crippen molar-refractivity contribution < 1.29 is 19.5 Å². The Kier molecular flexibility index (Phi) is 6.25. The van der Waals surface area contributed by atoms with Crippen LogP contribution in [0.2, 0.25) is 0 Å². The van der Waals surface area contributed by atoms with Gasteiger partial charge in [0.05, 0.1) is 26.5 Å². The van der Waals surface area contributed by atoms with Gasteiger partial charge in [-0.05, 0) is 53.3 Å². The number of hydroxylamine groups is 1. The largest absolute Gasteiger partial charge is 0.493 e. The van der Waals surface area contributed by atoms with E-state index in [1.54, 1.807) is 6.07 Å². The molecule has 0 fully saturated rings. The molecule has 2 aliphatic heterocycles. The monoisotopic (exact) mass is 469 g/mol. The number of amides is 1. The molecule has 0 aromatic heterocycles. The number of aryl methyl sites for hydroxylation is 2. The van der Waals surface area contributed by atoms with Gasteiger partial charge in [-0.15, -0.1) is 0 Å². The van der Waals surface area contributed by atoms with Crippen LogP contribution < -0.4 is 14.5 Å². The lowest BCUT2D eigenvalue weighted by atomic mass is 9.96. The SMILES string of the molecule is COc1cc(CCc2ccc(C3=Cc4ccccc4C4=NCCN34)cc2)cc(N(O)C=O)c1OC. The Labute approximate surface area is 204 Å². The molecule has 0 bridgehead atoms. The first-order chi connectivity index (χ1) is 17.1. The summed E-state index contributed by atoms with van der Waals surface area (Å²) >= 11 is 0. The van der Waals surface area contributed by atoms with E-state index in [9.17, 15) is 10.0 Å². The average molecular weight is 470 g/mol. The first-order valence-electron chi connectivity index (χ1n) is 11.5. The molecule has 0 saturated heterocycles. The van der Waals surface area contributed by atoms with E-state index in [2.05, 4.69) is 59.5 Å². The lowest BCUT2D eigenvalue weighted by Crippen LogP contribution is -2.30. The molecule has 0 saturated carbocycles. The highest BCUT2D eigenvalue weighted by atomic mass is 16.5. The van der Waals surface area contributed by atoms with Gasteiger partial charge >= 0.3 is 0 Å². The molecular weight excluding hydrogens is 442 g/mol. The summed E-state index contributed by atoms with van der Waals surface area (Å²) < 4.78 is 10.7. The second-order valence-corrected chi connectivity index (χ2v) is 8.47. The second kappa shape index (κ2) is 9.64. The van der Waals surface area contributed by atoms with Gasteiger partial charge in [-0.1, -0.05) is 48.5 Å². The molecule has 0 atom stereocenters. The highest BCUT2D eigenvalue weighted by Crippen LogP contribution is 2.38. The van der Waals surface area contributed by atoms with E-state index in [1.165, 1.54) is 36.6 Å². The Morgan fingerprint density at radius 1 is 1.03 bits per heavy atom. The van der Waals surface area contributed by atoms with Crippen molar-refractivity contribution in [3.05, 3.63) is 88.5 Å². The first-order valence-corrected chi connectivity index (χ1v) is 11.5. The van der Waals surface area contributed by atoms with Crippen LogP contribution in [0.15, 0.2) is 65.7 Å². The van der Waals surface area contributed by atoms with E-state index in [1.807, 2.05) is 6.07 Å². The van der Waals surface area contributed by atoms with Gasteiger partial charge in [0.1, 0.15) is 11.5 Å². The van der Waals surface area contributed by atoms with E-state index < -0.39 is 0 Å². The van der Waals surface area contributed by atoms with Crippen LogP contribution in [0, 0.1) is 0 Å². The third-order valence-corrected chi connectivity index (χ3v) is 6.44. The van der Waals surface area contributed by atoms with Gasteiger partial charge in [0.25, 0.3) is 0 Å². The fourth-order valence-electron chi connectivity index (χ4n) is 4.71. The fraction of sp³-hybridized carbons (Fsp3) is 0.214. The van der Waals surface area contributed by atoms with Gasteiger partial charge < -0.3 is 14.4 Å². The Bertz CT molecular complexity index is 1310. The molecule has 1 amide bonds. The number of nitrogens with zero attached hydrogens (tertiary/aromatic N) is 3. The molecule has 0 aliphatic carbocycles. The number of methoxy groups -OCH3 is 2. The number of anilines is 1. The van der Waals surface area contributed by atoms with E-state index in [4.69, 9.17) is 14.5 Å². The number of ether oxygens (including phenoxy) is 2. The molecule has 35 heavy (non-hydrogen) atoms. The van der Waals surface area contributed by atoms with Crippen LogP contribution in [0.5, 0.6) is 11.5 Å². The smallest absolute Gasteiger partial charge is 0.238 e. The van der Waals surface area contributed by atoms with Crippen LogP contribution in [0.4, 0.5) is 5.69 Å². The van der Waals surface area contributed by atoms with Crippen molar-refractivity contribution in [1.29, 1.82) is 0 Å². The van der Waals surface area contributed by atoms with Gasteiger partial charge in [0, 0.05) is 12.1 Å². The van der Waals surface area contributed by atoms with Crippen molar-refractivity contribution in [1.82, 2.24) is 4.90 Å². The summed E-state index contributed by atoms with van der Waals surface area (Å²) in [6, 6.07) is 20.6. The normalized spacial score (nSPS) is 14.0. The number of hydrogen-bond acceptors (Lipinski definition) is 6. The summed E-state index contributed by atoms with van der Waals surface area (Å²) in [5.74, 6) is 1.82. The van der Waals surface area contributed by atoms with Gasteiger partial charge in [-0.2, -0.15) is 5.06 Å². The summed E-state index contributed by atoms with van der Waals surface area (Å²) in [6.45, 7) is 1.70. The molecular formula is C28H27N3O4. The number of hydrogen-bond donors (Lipinski definition) is 1. The molecule has 7 heteroatoms. The summed E-state index contributed by atoms with van der Waals surface area (Å²) in [4.78, 5) is 18.2. The minimum Gasteiger partial charge on any atom is -0.493 e. The van der Waals surface area contributed by atoms with Crippen LogP contribution in [0.3, 0.4) is 0 Å². The van der Waals surface area contributed by atoms with Crippen molar-refractivity contribution >= 4 is 29.7 Å². The zero-order valence-corrected chi connectivity index (χ0v) is 19.8. The van der Waals surface area contributed by atoms with Gasteiger partial charge in [0.2, 0.25) is 6.41 Å². The van der Waals surface area contributed by atoms with Crippen molar-refractivity contribution in [3.63, 3.8) is 0 Å². The van der Waals surface area contributed by atoms with Gasteiger partial charge in [-0.25, -0.2) is 0 Å². The number of fused-ring (bicyclic) bond motifs is 3. The summed E-state index contributed by atoms with van der Waals surface area (Å²) in [5, 5.41) is 10.5. The number of amidine groups is 1. The van der Waals surface area contributed by atoms with Crippen LogP contribution in [-0.4, -0.2) is 49.7 Å². The van der Waals surface area contributed by atoms with Crippen LogP contribution in [0.1, 0.15) is 27.8 Å². The van der Waals surface area contributed by atoms with Gasteiger partial charge in [-0.3, -0.25) is 15.0 Å². The predicted octanol–water partition coefficient (Wildman–Crippen LogP) is 4.41. The van der Waals surface area contributed by atoms with Crippen molar-refractivity contribution in [2.45, 2.75) is 12.8 Å². The van der Waals surface area contributed by atoms with Crippen LogP contribution in [0.25, 0.3) is 11.8 Å². The zero-order chi connectivity index (χ0) is 24.4. The number of benzene rings is 3. The molecule has 0 unspecified atom stereocenters. The lowest BCUT2D eigenvalue weighted by Gasteiger charge is -2.29. The third kappa shape index (κ3) is 4.26. The van der Waals surface area contributed by atoms with Crippen LogP contribution >= 0.6 is 0 Å². The lowest BCUT2D eigenvalue weighted by molar-refractivity contribution is -0.111. The van der Waals surface area contributed by atoms with E-state index in [0.717, 1.165) is 36.5 Å². The third-order valence-electron chi connectivity index (χ3n) is 6.44. The quantitative estimate of drug-likeness (QED) is 0.300. The molecule has 0 spiro atoms. The predicted molar refractivity (Wildman–Crippen MR) is 136 cm³/mol. The van der Waals surface area contributed by atoms with Crippen LogP contribution in [-0.2, 0) is 17.6 Å². The molecule has 7 nitrogen and oxygen atoms in total. The molecule has 178 valence electrons. The van der Waals surface area contributed by atoms with E-state index in [0.29, 0.717) is 29.4 Å². The van der Waals surface area contributed by atoms with Crippen molar-refractivity contribution in [2.75, 3.05) is 32.4 Å². The molecule has 2 aliphatic rings. The molecule has 5 rings (SSSR count). The van der Waals surface area contributed by atoms with Crippen molar-refractivity contribution in [3.8, 4) is 11.5 Å². The maximum absolute atomic E-state index is 11.1. The Balaban J connectivity index is 1.36. The Hall–Kier alpha value is -4.10. The maximum Gasteiger partial charge on any atom is 0.238 e. The highest BCUT2D eigenvalue weighted by molar-refractivity contribution is 6.12. The topological polar surface area (TPSA) is 74.6 Å². The number of rotatable bonds is 8. The first kappa shape index (κ1) is 22.7. The summed E-state index contributed by atoms with van der Waals surface area (Å²) in [6.07, 6.45) is 4.07. The molecule has 0 radical (unpaired) electrons. The number of aliphatic imine (C=N–C) groups is 1. The molecule has 3 aromatic carbocycles. The minimum atomic E-state index is 0.250. The number of carbonyl (C=O) groups is 1. The standard InChI is InChI=1S/C28H27N3O4/c1-34-26-16-20(15-25(27(26)35-2)31(33)18-32)8-7-19-9-11-21(12-10-19)24-17-22-5-3-4-6-23(22)28-29-13-14-30(24)28/h3-6,9-12,15-18,33H,7-8,13-14H2,1-2H3. The molecule has 3 aromatic rings.